The van der Waals surface area contributed by atoms with E-state index in [1.165, 1.54) is 0 Å². The van der Waals surface area contributed by atoms with Crippen molar-refractivity contribution < 1.29 is 19.4 Å². The van der Waals surface area contributed by atoms with Gasteiger partial charge in [-0.3, -0.25) is 4.79 Å². The number of amides is 1. The summed E-state index contributed by atoms with van der Waals surface area (Å²) in [5.74, 6) is 0.0280. The van der Waals surface area contributed by atoms with Crippen molar-refractivity contribution in [3.05, 3.63) is 0 Å². The lowest BCUT2D eigenvalue weighted by molar-refractivity contribution is -0.149. The molecule has 1 unspecified atom stereocenters. The number of ether oxygens (including phenoxy) is 2. The third-order valence-corrected chi connectivity index (χ3v) is 2.45. The van der Waals surface area contributed by atoms with Gasteiger partial charge in [-0.1, -0.05) is 0 Å². The summed E-state index contributed by atoms with van der Waals surface area (Å²) < 4.78 is 10.2. The van der Waals surface area contributed by atoms with Crippen molar-refractivity contribution in [3.8, 4) is 0 Å². The van der Waals surface area contributed by atoms with Crippen LogP contribution in [0.1, 0.15) is 12.8 Å². The van der Waals surface area contributed by atoms with Gasteiger partial charge in [0.1, 0.15) is 6.61 Å². The summed E-state index contributed by atoms with van der Waals surface area (Å²) in [6, 6.07) is 0. The molecule has 0 aliphatic carbocycles. The van der Waals surface area contributed by atoms with E-state index in [2.05, 4.69) is 0 Å². The summed E-state index contributed by atoms with van der Waals surface area (Å²) in [6.07, 6.45) is 1.41. The van der Waals surface area contributed by atoms with Crippen LogP contribution in [-0.2, 0) is 14.3 Å². The smallest absolute Gasteiger partial charge is 0.248 e. The first-order chi connectivity index (χ1) is 7.27. The SMILES string of the molecule is COCCCN1CC(CCO)OCC1=O. The monoisotopic (exact) mass is 217 g/mol. The van der Waals surface area contributed by atoms with E-state index >= 15 is 0 Å². The molecule has 1 atom stereocenters. The molecule has 0 aromatic carbocycles. The van der Waals surface area contributed by atoms with E-state index < -0.39 is 0 Å². The number of carbonyl (C=O) groups excluding carboxylic acids is 1. The third kappa shape index (κ3) is 4.15. The Morgan fingerprint density at radius 2 is 2.47 bits per heavy atom. The molecule has 1 aliphatic rings. The van der Waals surface area contributed by atoms with E-state index in [0.29, 0.717) is 26.1 Å². The topological polar surface area (TPSA) is 59.0 Å². The molecule has 1 rings (SSSR count). The normalized spacial score (nSPS) is 22.1. The maximum atomic E-state index is 11.4. The molecule has 0 radical (unpaired) electrons. The average molecular weight is 217 g/mol. The number of morpholine rings is 1. The molecular weight excluding hydrogens is 198 g/mol. The standard InChI is InChI=1S/C10H19NO4/c1-14-6-2-4-11-7-9(3-5-12)15-8-10(11)13/h9,12H,2-8H2,1H3. The van der Waals surface area contributed by atoms with Crippen LogP contribution in [0.4, 0.5) is 0 Å². The fourth-order valence-corrected chi connectivity index (χ4v) is 1.62. The quantitative estimate of drug-likeness (QED) is 0.617. The van der Waals surface area contributed by atoms with Crippen molar-refractivity contribution in [2.75, 3.05) is 40.0 Å². The zero-order valence-electron chi connectivity index (χ0n) is 9.15. The Morgan fingerprint density at radius 1 is 1.67 bits per heavy atom. The Balaban J connectivity index is 2.29. The van der Waals surface area contributed by atoms with Crippen LogP contribution >= 0.6 is 0 Å². The van der Waals surface area contributed by atoms with Gasteiger partial charge < -0.3 is 19.5 Å². The third-order valence-electron chi connectivity index (χ3n) is 2.45. The van der Waals surface area contributed by atoms with Crippen molar-refractivity contribution in [1.29, 1.82) is 0 Å². The number of carbonyl (C=O) groups is 1. The highest BCUT2D eigenvalue weighted by molar-refractivity contribution is 5.78. The molecule has 1 N–H and O–H groups in total. The molecule has 0 aromatic heterocycles. The molecule has 1 amide bonds. The maximum Gasteiger partial charge on any atom is 0.248 e. The first kappa shape index (κ1) is 12.4. The van der Waals surface area contributed by atoms with Crippen LogP contribution in [-0.4, -0.2) is 62.0 Å². The summed E-state index contributed by atoms with van der Waals surface area (Å²) in [4.78, 5) is 13.2. The van der Waals surface area contributed by atoms with Crippen LogP contribution in [0.15, 0.2) is 0 Å². The average Bonchev–Trinajstić information content (AvgIpc) is 2.23. The largest absolute Gasteiger partial charge is 0.396 e. The highest BCUT2D eigenvalue weighted by Crippen LogP contribution is 2.09. The first-order valence-corrected chi connectivity index (χ1v) is 5.27. The van der Waals surface area contributed by atoms with Crippen LogP contribution < -0.4 is 0 Å². The molecule has 0 bridgehead atoms. The Kier molecular flexibility index (Phi) is 5.60. The van der Waals surface area contributed by atoms with Gasteiger partial charge in [0.25, 0.3) is 0 Å². The molecule has 0 spiro atoms. The summed E-state index contributed by atoms with van der Waals surface area (Å²) in [5.41, 5.74) is 0. The number of aliphatic hydroxyl groups excluding tert-OH is 1. The van der Waals surface area contributed by atoms with Gasteiger partial charge in [0, 0.05) is 33.4 Å². The van der Waals surface area contributed by atoms with Crippen LogP contribution in [0.2, 0.25) is 0 Å². The number of rotatable bonds is 6. The minimum absolute atomic E-state index is 0.0183. The van der Waals surface area contributed by atoms with Gasteiger partial charge >= 0.3 is 0 Å². The second kappa shape index (κ2) is 6.76. The van der Waals surface area contributed by atoms with Crippen LogP contribution in [0.25, 0.3) is 0 Å². The lowest BCUT2D eigenvalue weighted by atomic mass is 10.2. The fraction of sp³-hybridized carbons (Fsp3) is 0.900. The second-order valence-electron chi connectivity index (χ2n) is 3.63. The summed E-state index contributed by atoms with van der Waals surface area (Å²) in [7, 11) is 1.65. The van der Waals surface area contributed by atoms with Gasteiger partial charge in [-0.2, -0.15) is 0 Å². The molecule has 1 fully saturated rings. The lowest BCUT2D eigenvalue weighted by Crippen LogP contribution is -2.47. The van der Waals surface area contributed by atoms with Gasteiger partial charge in [-0.05, 0) is 12.8 Å². The number of aliphatic hydroxyl groups is 1. The molecule has 1 aliphatic heterocycles. The van der Waals surface area contributed by atoms with E-state index in [-0.39, 0.29) is 25.2 Å². The molecule has 1 saturated heterocycles. The minimum atomic E-state index is -0.0183. The van der Waals surface area contributed by atoms with E-state index in [1.807, 2.05) is 0 Å². The maximum absolute atomic E-state index is 11.4. The number of methoxy groups -OCH3 is 1. The molecular formula is C10H19NO4. The van der Waals surface area contributed by atoms with Gasteiger partial charge in [0.15, 0.2) is 0 Å². The molecule has 88 valence electrons. The van der Waals surface area contributed by atoms with Crippen LogP contribution in [0.3, 0.4) is 0 Å². The second-order valence-corrected chi connectivity index (χ2v) is 3.63. The summed E-state index contributed by atoms with van der Waals surface area (Å²) >= 11 is 0. The Hall–Kier alpha value is -0.650. The summed E-state index contributed by atoms with van der Waals surface area (Å²) in [6.45, 7) is 2.19. The molecule has 5 nitrogen and oxygen atoms in total. The van der Waals surface area contributed by atoms with Crippen molar-refractivity contribution in [1.82, 2.24) is 4.90 Å². The number of hydrogen-bond acceptors (Lipinski definition) is 4. The molecule has 0 aromatic rings. The highest BCUT2D eigenvalue weighted by atomic mass is 16.5. The molecule has 1 heterocycles. The van der Waals surface area contributed by atoms with E-state index in [1.54, 1.807) is 12.0 Å². The molecule has 0 saturated carbocycles. The zero-order chi connectivity index (χ0) is 11.1. The van der Waals surface area contributed by atoms with Gasteiger partial charge in [0.05, 0.1) is 6.10 Å². The van der Waals surface area contributed by atoms with Crippen molar-refractivity contribution in [2.45, 2.75) is 18.9 Å². The first-order valence-electron chi connectivity index (χ1n) is 5.27. The van der Waals surface area contributed by atoms with Gasteiger partial charge in [0.2, 0.25) is 5.91 Å². The molecule has 5 heteroatoms. The lowest BCUT2D eigenvalue weighted by Gasteiger charge is -2.32. The van der Waals surface area contributed by atoms with Gasteiger partial charge in [-0.15, -0.1) is 0 Å². The van der Waals surface area contributed by atoms with Gasteiger partial charge in [-0.25, -0.2) is 0 Å². The van der Waals surface area contributed by atoms with Crippen molar-refractivity contribution in [2.24, 2.45) is 0 Å². The Morgan fingerprint density at radius 3 is 3.13 bits per heavy atom. The minimum Gasteiger partial charge on any atom is -0.396 e. The Bertz CT molecular complexity index is 198. The highest BCUT2D eigenvalue weighted by Gasteiger charge is 2.25. The van der Waals surface area contributed by atoms with E-state index in [0.717, 1.165) is 6.42 Å². The predicted molar refractivity (Wildman–Crippen MR) is 54.5 cm³/mol. The van der Waals surface area contributed by atoms with E-state index in [4.69, 9.17) is 14.6 Å². The van der Waals surface area contributed by atoms with Crippen LogP contribution in [0, 0.1) is 0 Å². The van der Waals surface area contributed by atoms with Crippen LogP contribution in [0.5, 0.6) is 0 Å². The van der Waals surface area contributed by atoms with Crippen molar-refractivity contribution in [3.63, 3.8) is 0 Å². The number of nitrogens with zero attached hydrogens (tertiary/aromatic N) is 1. The summed E-state index contributed by atoms with van der Waals surface area (Å²) in [5, 5.41) is 8.78. The Labute approximate surface area is 90.0 Å². The van der Waals surface area contributed by atoms with E-state index in [9.17, 15) is 4.79 Å². The number of hydrogen-bond donors (Lipinski definition) is 1. The zero-order valence-corrected chi connectivity index (χ0v) is 9.15. The molecule has 15 heavy (non-hydrogen) atoms. The predicted octanol–water partition coefficient (Wildman–Crippen LogP) is -0.367. The van der Waals surface area contributed by atoms with Crippen molar-refractivity contribution >= 4 is 5.91 Å². The fourth-order valence-electron chi connectivity index (χ4n) is 1.62.